The topological polar surface area (TPSA) is 104 Å². The summed E-state index contributed by atoms with van der Waals surface area (Å²) in [7, 11) is 0. The molecular weight excluding hydrogens is 332 g/mol. The molecule has 0 aliphatic carbocycles. The second-order valence-corrected chi connectivity index (χ2v) is 8.43. The molecule has 0 aliphatic heterocycles. The third-order valence-corrected chi connectivity index (χ3v) is 5.13. The Kier molecular flexibility index (Phi) is 23.8. The van der Waals surface area contributed by atoms with Crippen LogP contribution in [0.3, 0.4) is 0 Å². The molecule has 4 heteroatoms. The van der Waals surface area contributed by atoms with Crippen molar-refractivity contribution in [3.63, 3.8) is 0 Å². The van der Waals surface area contributed by atoms with Gasteiger partial charge in [0.25, 0.3) is 0 Å². The lowest BCUT2D eigenvalue weighted by atomic mass is 9.97. The molecule has 0 saturated heterocycles. The van der Waals surface area contributed by atoms with Crippen LogP contribution >= 0.6 is 0 Å². The Morgan fingerprint density at radius 1 is 0.519 bits per heavy atom. The van der Waals surface area contributed by atoms with Crippen LogP contribution in [0.15, 0.2) is 0 Å². The predicted octanol–water partition coefficient (Wildman–Crippen LogP) is 5.91. The fourth-order valence-corrected chi connectivity index (χ4v) is 3.22. The van der Waals surface area contributed by atoms with Crippen molar-refractivity contribution >= 4 is 0 Å². The van der Waals surface area contributed by atoms with Crippen LogP contribution in [0.4, 0.5) is 0 Å². The van der Waals surface area contributed by atoms with Gasteiger partial charge in [-0.15, -0.1) is 0 Å². The Balaban J connectivity index is 0. The molecule has 166 valence electrons. The SMILES string of the molecule is CCCCCC(N)(N)CCCCC.CCCCCCCCCCCC(N)N. The molecule has 0 rings (SSSR count). The van der Waals surface area contributed by atoms with Crippen LogP contribution in [0.1, 0.15) is 136 Å². The van der Waals surface area contributed by atoms with Gasteiger partial charge in [-0.1, -0.05) is 117 Å². The summed E-state index contributed by atoms with van der Waals surface area (Å²) < 4.78 is 0. The van der Waals surface area contributed by atoms with Gasteiger partial charge in [0.15, 0.2) is 0 Å². The summed E-state index contributed by atoms with van der Waals surface area (Å²) in [5.41, 5.74) is 22.5. The normalized spacial score (nSPS) is 11.6. The Bertz CT molecular complexity index is 255. The van der Waals surface area contributed by atoms with Gasteiger partial charge in [-0.2, -0.15) is 0 Å². The Morgan fingerprint density at radius 2 is 0.852 bits per heavy atom. The molecule has 0 aromatic heterocycles. The summed E-state index contributed by atoms with van der Waals surface area (Å²) in [5.74, 6) is 0. The first-order chi connectivity index (χ1) is 12.9. The summed E-state index contributed by atoms with van der Waals surface area (Å²) in [6.07, 6.45) is 22.4. The zero-order chi connectivity index (χ0) is 20.8. The fraction of sp³-hybridized carbons (Fsp3) is 1.00. The van der Waals surface area contributed by atoms with Crippen molar-refractivity contribution in [2.75, 3.05) is 0 Å². The maximum Gasteiger partial charge on any atom is 0.0636 e. The van der Waals surface area contributed by atoms with Gasteiger partial charge in [0.05, 0.1) is 11.8 Å². The Labute approximate surface area is 171 Å². The highest BCUT2D eigenvalue weighted by Crippen LogP contribution is 2.14. The van der Waals surface area contributed by atoms with Gasteiger partial charge in [0.2, 0.25) is 0 Å². The van der Waals surface area contributed by atoms with Crippen LogP contribution in [0.2, 0.25) is 0 Å². The minimum atomic E-state index is -0.398. The largest absolute Gasteiger partial charge is 0.316 e. The van der Waals surface area contributed by atoms with Crippen LogP contribution < -0.4 is 22.9 Å². The van der Waals surface area contributed by atoms with E-state index in [1.54, 1.807) is 0 Å². The van der Waals surface area contributed by atoms with E-state index in [9.17, 15) is 0 Å². The third kappa shape index (κ3) is 28.2. The van der Waals surface area contributed by atoms with Gasteiger partial charge in [0, 0.05) is 0 Å². The highest BCUT2D eigenvalue weighted by Gasteiger charge is 2.16. The minimum absolute atomic E-state index is 0.0976. The summed E-state index contributed by atoms with van der Waals surface area (Å²) >= 11 is 0. The quantitative estimate of drug-likeness (QED) is 0.173. The van der Waals surface area contributed by atoms with E-state index in [-0.39, 0.29) is 6.17 Å². The maximum absolute atomic E-state index is 5.98. The highest BCUT2D eigenvalue weighted by molar-refractivity contribution is 4.76. The number of unbranched alkanes of at least 4 members (excludes halogenated alkanes) is 12. The molecular formula is C23H54N4. The van der Waals surface area contributed by atoms with E-state index in [1.807, 2.05) is 0 Å². The van der Waals surface area contributed by atoms with E-state index in [4.69, 9.17) is 22.9 Å². The van der Waals surface area contributed by atoms with Gasteiger partial charge in [0.1, 0.15) is 0 Å². The number of hydrogen-bond donors (Lipinski definition) is 4. The monoisotopic (exact) mass is 386 g/mol. The average molecular weight is 387 g/mol. The van der Waals surface area contributed by atoms with E-state index in [1.165, 1.54) is 96.3 Å². The van der Waals surface area contributed by atoms with Crippen LogP contribution in [-0.2, 0) is 0 Å². The molecule has 0 heterocycles. The standard InChI is InChI=1S/C12H28N2.C11H26N2/c1-2-3-4-5-6-7-8-9-10-11-12(13)14;1-3-5-7-9-11(12,13)10-8-6-4-2/h12H,2-11,13-14H2,1H3;3-10,12-13H2,1-2H3. The third-order valence-electron chi connectivity index (χ3n) is 5.13. The van der Waals surface area contributed by atoms with E-state index >= 15 is 0 Å². The van der Waals surface area contributed by atoms with Gasteiger partial charge in [-0.05, 0) is 19.3 Å². The molecule has 0 aliphatic rings. The van der Waals surface area contributed by atoms with Gasteiger partial charge in [-0.3, -0.25) is 0 Å². The minimum Gasteiger partial charge on any atom is -0.316 e. The van der Waals surface area contributed by atoms with Gasteiger partial charge >= 0.3 is 0 Å². The molecule has 0 spiro atoms. The second-order valence-electron chi connectivity index (χ2n) is 8.43. The van der Waals surface area contributed by atoms with E-state index in [0.717, 1.165) is 19.3 Å². The molecule has 8 N–H and O–H groups in total. The molecule has 0 aromatic carbocycles. The van der Waals surface area contributed by atoms with Crippen molar-refractivity contribution < 1.29 is 0 Å². The maximum atomic E-state index is 5.98. The highest BCUT2D eigenvalue weighted by atomic mass is 14.9. The van der Waals surface area contributed by atoms with Crippen molar-refractivity contribution in [3.8, 4) is 0 Å². The molecule has 0 saturated carbocycles. The summed E-state index contributed by atoms with van der Waals surface area (Å²) in [6.45, 7) is 6.66. The van der Waals surface area contributed by atoms with Crippen LogP contribution in [0.5, 0.6) is 0 Å². The molecule has 0 unspecified atom stereocenters. The lowest BCUT2D eigenvalue weighted by Gasteiger charge is -2.24. The summed E-state index contributed by atoms with van der Waals surface area (Å²) in [5, 5.41) is 0. The zero-order valence-corrected chi connectivity index (χ0v) is 19.1. The van der Waals surface area contributed by atoms with Gasteiger partial charge in [-0.25, -0.2) is 0 Å². The molecule has 0 radical (unpaired) electrons. The smallest absolute Gasteiger partial charge is 0.0636 e. The summed E-state index contributed by atoms with van der Waals surface area (Å²) in [6, 6.07) is 0. The van der Waals surface area contributed by atoms with Crippen molar-refractivity contribution in [3.05, 3.63) is 0 Å². The lowest BCUT2D eigenvalue weighted by Crippen LogP contribution is -2.49. The van der Waals surface area contributed by atoms with Crippen molar-refractivity contribution in [2.24, 2.45) is 22.9 Å². The Hall–Kier alpha value is -0.160. The molecule has 0 amide bonds. The molecule has 4 nitrogen and oxygen atoms in total. The fourth-order valence-electron chi connectivity index (χ4n) is 3.22. The van der Waals surface area contributed by atoms with Crippen molar-refractivity contribution in [1.29, 1.82) is 0 Å². The zero-order valence-electron chi connectivity index (χ0n) is 19.1. The number of hydrogen-bond acceptors (Lipinski definition) is 4. The second kappa shape index (κ2) is 22.1. The van der Waals surface area contributed by atoms with E-state index in [0.29, 0.717) is 0 Å². The molecule has 0 bridgehead atoms. The molecule has 0 atom stereocenters. The Morgan fingerprint density at radius 3 is 1.22 bits per heavy atom. The van der Waals surface area contributed by atoms with Crippen LogP contribution in [0.25, 0.3) is 0 Å². The van der Waals surface area contributed by atoms with E-state index < -0.39 is 5.66 Å². The lowest BCUT2D eigenvalue weighted by molar-refractivity contribution is 0.350. The molecule has 27 heavy (non-hydrogen) atoms. The van der Waals surface area contributed by atoms with E-state index in [2.05, 4.69) is 20.8 Å². The van der Waals surface area contributed by atoms with Crippen molar-refractivity contribution in [1.82, 2.24) is 0 Å². The van der Waals surface area contributed by atoms with Gasteiger partial charge < -0.3 is 22.9 Å². The van der Waals surface area contributed by atoms with Crippen LogP contribution in [-0.4, -0.2) is 11.8 Å². The summed E-state index contributed by atoms with van der Waals surface area (Å²) in [4.78, 5) is 0. The number of nitrogens with two attached hydrogens (primary N) is 4. The van der Waals surface area contributed by atoms with Crippen LogP contribution in [0, 0.1) is 0 Å². The average Bonchev–Trinajstić information content (AvgIpc) is 2.61. The first kappa shape index (κ1) is 29.0. The molecule has 0 aromatic rings. The molecule has 0 fully saturated rings. The predicted molar refractivity (Wildman–Crippen MR) is 123 cm³/mol. The first-order valence-corrected chi connectivity index (χ1v) is 12.0. The number of rotatable bonds is 18. The van der Waals surface area contributed by atoms with Crippen molar-refractivity contribution in [2.45, 2.75) is 148 Å². The first-order valence-electron chi connectivity index (χ1n) is 12.0.